The number of fused-ring (bicyclic) bond motifs is 9. The standard InChI is InChI=1S/C51H30N4O/c1-2-14-32-27-36(26-25-31(32)13-1)37-18-7-8-21-40(37)49-52-50(48-38-19-6-5-17-35(38)30-46-47(48)41-22-10-12-24-45(41)56-46)54-51(53-49)55-43-23-11-9-20-39(43)42-28-33-15-3-4-16-34(33)29-44(42)55/h1-30H. The van der Waals surface area contributed by atoms with Gasteiger partial charge in [-0.2, -0.15) is 9.97 Å². The van der Waals surface area contributed by atoms with Gasteiger partial charge in [-0.1, -0.05) is 146 Å². The van der Waals surface area contributed by atoms with Crippen molar-refractivity contribution in [3.63, 3.8) is 0 Å². The van der Waals surface area contributed by atoms with E-state index < -0.39 is 0 Å². The highest BCUT2D eigenvalue weighted by Gasteiger charge is 2.23. The summed E-state index contributed by atoms with van der Waals surface area (Å²) in [6.45, 7) is 0. The maximum absolute atomic E-state index is 6.53. The number of hydrogen-bond acceptors (Lipinski definition) is 4. The molecule has 3 heterocycles. The van der Waals surface area contributed by atoms with Crippen LogP contribution >= 0.6 is 0 Å². The van der Waals surface area contributed by atoms with Gasteiger partial charge in [0.1, 0.15) is 11.2 Å². The molecule has 0 unspecified atom stereocenters. The summed E-state index contributed by atoms with van der Waals surface area (Å²) in [5.41, 5.74) is 7.67. The molecule has 0 radical (unpaired) electrons. The molecule has 0 aliphatic rings. The average Bonchev–Trinajstić information content (AvgIpc) is 3.79. The molecule has 0 atom stereocenters. The second kappa shape index (κ2) is 11.9. The van der Waals surface area contributed by atoms with Gasteiger partial charge in [0.2, 0.25) is 5.95 Å². The Labute approximate surface area is 320 Å². The maximum Gasteiger partial charge on any atom is 0.238 e. The Kier molecular flexibility index (Phi) is 6.56. The normalized spacial score (nSPS) is 11.9. The number of para-hydroxylation sites is 2. The number of hydrogen-bond donors (Lipinski definition) is 0. The van der Waals surface area contributed by atoms with Crippen LogP contribution in [0.3, 0.4) is 0 Å². The summed E-state index contributed by atoms with van der Waals surface area (Å²) < 4.78 is 8.74. The molecule has 3 aromatic heterocycles. The van der Waals surface area contributed by atoms with E-state index in [1.165, 1.54) is 16.2 Å². The van der Waals surface area contributed by atoms with E-state index in [1.54, 1.807) is 0 Å². The summed E-state index contributed by atoms with van der Waals surface area (Å²) in [6.07, 6.45) is 0. The summed E-state index contributed by atoms with van der Waals surface area (Å²) in [6, 6.07) is 63.9. The summed E-state index contributed by atoms with van der Waals surface area (Å²) in [5, 5.41) is 11.1. The first-order chi connectivity index (χ1) is 27.7. The second-order valence-corrected chi connectivity index (χ2v) is 14.4. The number of benzene rings is 9. The molecule has 0 saturated heterocycles. The van der Waals surface area contributed by atoms with Gasteiger partial charge in [-0.3, -0.25) is 4.57 Å². The van der Waals surface area contributed by atoms with E-state index in [1.807, 2.05) is 12.1 Å². The van der Waals surface area contributed by atoms with Crippen molar-refractivity contribution in [2.45, 2.75) is 0 Å². The Morgan fingerprint density at radius 2 is 1.00 bits per heavy atom. The van der Waals surface area contributed by atoms with Gasteiger partial charge < -0.3 is 4.42 Å². The molecule has 56 heavy (non-hydrogen) atoms. The van der Waals surface area contributed by atoms with Gasteiger partial charge >= 0.3 is 0 Å². The van der Waals surface area contributed by atoms with E-state index in [0.29, 0.717) is 17.6 Å². The fraction of sp³-hybridized carbons (Fsp3) is 0. The molecule has 0 N–H and O–H groups in total. The summed E-state index contributed by atoms with van der Waals surface area (Å²) in [7, 11) is 0. The van der Waals surface area contributed by atoms with Gasteiger partial charge in [-0.25, -0.2) is 4.98 Å². The van der Waals surface area contributed by atoms with Crippen molar-refractivity contribution in [2.75, 3.05) is 0 Å². The lowest BCUT2D eigenvalue weighted by atomic mass is 9.96. The van der Waals surface area contributed by atoms with E-state index in [9.17, 15) is 0 Å². The average molecular weight is 715 g/mol. The van der Waals surface area contributed by atoms with E-state index in [4.69, 9.17) is 19.4 Å². The van der Waals surface area contributed by atoms with Crippen LogP contribution in [0.1, 0.15) is 0 Å². The molecule has 12 rings (SSSR count). The molecule has 0 amide bonds. The summed E-state index contributed by atoms with van der Waals surface area (Å²) in [4.78, 5) is 16.4. The zero-order valence-electron chi connectivity index (χ0n) is 30.0. The first-order valence-electron chi connectivity index (χ1n) is 18.9. The highest BCUT2D eigenvalue weighted by atomic mass is 16.3. The lowest BCUT2D eigenvalue weighted by Gasteiger charge is -2.15. The molecule has 9 aromatic carbocycles. The van der Waals surface area contributed by atoms with Crippen molar-refractivity contribution < 1.29 is 4.42 Å². The third-order valence-electron chi connectivity index (χ3n) is 11.2. The highest BCUT2D eigenvalue weighted by molar-refractivity contribution is 6.20. The van der Waals surface area contributed by atoms with Gasteiger partial charge in [0.15, 0.2) is 11.6 Å². The number of furan rings is 1. The molecule has 0 fully saturated rings. The topological polar surface area (TPSA) is 56.7 Å². The fourth-order valence-corrected chi connectivity index (χ4v) is 8.64. The SMILES string of the molecule is c1ccc(-c2nc(-c3c4ccccc4cc4oc5ccccc5c34)nc(-n3c4ccccc4c4cc5ccccc5cc43)n2)c(-c2ccc3ccccc3c2)c1. The second-order valence-electron chi connectivity index (χ2n) is 14.4. The third-order valence-corrected chi connectivity index (χ3v) is 11.2. The van der Waals surface area contributed by atoms with Crippen LogP contribution < -0.4 is 0 Å². The number of aromatic nitrogens is 4. The number of rotatable bonds is 4. The van der Waals surface area contributed by atoms with Crippen molar-refractivity contribution in [3.05, 3.63) is 182 Å². The first-order valence-corrected chi connectivity index (χ1v) is 18.9. The van der Waals surface area contributed by atoms with E-state index in [-0.39, 0.29) is 0 Å². The van der Waals surface area contributed by atoms with Crippen LogP contribution in [0.5, 0.6) is 0 Å². The van der Waals surface area contributed by atoms with Crippen molar-refractivity contribution in [1.29, 1.82) is 0 Å². The Bertz CT molecular complexity index is 3560. The van der Waals surface area contributed by atoms with Gasteiger partial charge in [0.25, 0.3) is 0 Å². The minimum Gasteiger partial charge on any atom is -0.456 e. The molecule has 0 aliphatic carbocycles. The highest BCUT2D eigenvalue weighted by Crippen LogP contribution is 2.42. The van der Waals surface area contributed by atoms with Crippen molar-refractivity contribution in [3.8, 4) is 39.9 Å². The van der Waals surface area contributed by atoms with Crippen LogP contribution in [0.2, 0.25) is 0 Å². The van der Waals surface area contributed by atoms with Crippen LogP contribution in [0.25, 0.3) is 116 Å². The Hall–Kier alpha value is -7.63. The largest absolute Gasteiger partial charge is 0.456 e. The van der Waals surface area contributed by atoms with Crippen molar-refractivity contribution in [2.24, 2.45) is 0 Å². The summed E-state index contributed by atoms with van der Waals surface area (Å²) >= 11 is 0. The van der Waals surface area contributed by atoms with Crippen LogP contribution in [0.4, 0.5) is 0 Å². The first kappa shape index (κ1) is 30.8. The van der Waals surface area contributed by atoms with Crippen LogP contribution in [-0.2, 0) is 0 Å². The smallest absolute Gasteiger partial charge is 0.238 e. The van der Waals surface area contributed by atoms with Crippen LogP contribution in [0, 0.1) is 0 Å². The predicted molar refractivity (Wildman–Crippen MR) is 230 cm³/mol. The zero-order valence-corrected chi connectivity index (χ0v) is 30.0. The van der Waals surface area contributed by atoms with Gasteiger partial charge in [-0.15, -0.1) is 0 Å². The minimum atomic E-state index is 0.550. The molecule has 5 nitrogen and oxygen atoms in total. The molecule has 260 valence electrons. The monoisotopic (exact) mass is 714 g/mol. The molecular weight excluding hydrogens is 685 g/mol. The molecule has 0 spiro atoms. The predicted octanol–water partition coefficient (Wildman–Crippen LogP) is 13.3. The van der Waals surface area contributed by atoms with Crippen molar-refractivity contribution >= 4 is 76.1 Å². The van der Waals surface area contributed by atoms with Crippen LogP contribution in [-0.4, -0.2) is 19.5 Å². The molecule has 0 bridgehead atoms. The van der Waals surface area contributed by atoms with Gasteiger partial charge in [-0.05, 0) is 79.8 Å². The maximum atomic E-state index is 6.53. The van der Waals surface area contributed by atoms with Gasteiger partial charge in [0, 0.05) is 32.7 Å². The lowest BCUT2D eigenvalue weighted by Crippen LogP contribution is -2.07. The minimum absolute atomic E-state index is 0.550. The fourth-order valence-electron chi connectivity index (χ4n) is 8.64. The molecule has 5 heteroatoms. The quantitative estimate of drug-likeness (QED) is 0.182. The Morgan fingerprint density at radius 3 is 1.84 bits per heavy atom. The van der Waals surface area contributed by atoms with Gasteiger partial charge in [0.05, 0.1) is 11.0 Å². The van der Waals surface area contributed by atoms with Crippen molar-refractivity contribution in [1.82, 2.24) is 19.5 Å². The Morgan fingerprint density at radius 1 is 0.375 bits per heavy atom. The molecule has 0 saturated carbocycles. The van der Waals surface area contributed by atoms with E-state index in [2.05, 4.69) is 174 Å². The molecule has 12 aromatic rings. The Balaban J connectivity index is 1.22. The van der Waals surface area contributed by atoms with Crippen LogP contribution in [0.15, 0.2) is 186 Å². The number of nitrogens with zero attached hydrogens (tertiary/aromatic N) is 4. The molecular formula is C51H30N4O. The summed E-state index contributed by atoms with van der Waals surface area (Å²) in [5.74, 6) is 1.72. The lowest BCUT2D eigenvalue weighted by molar-refractivity contribution is 0.669. The van der Waals surface area contributed by atoms with E-state index >= 15 is 0 Å². The third kappa shape index (κ3) is 4.64. The zero-order chi connectivity index (χ0) is 36.7. The van der Waals surface area contributed by atoms with E-state index in [0.717, 1.165) is 82.2 Å². The molecule has 0 aliphatic heterocycles.